The van der Waals surface area contributed by atoms with Crippen molar-refractivity contribution in [3.8, 4) is 11.5 Å². The van der Waals surface area contributed by atoms with Crippen LogP contribution in [0.3, 0.4) is 0 Å². The average molecular weight is 205 g/mol. The molecule has 78 valence electrons. The van der Waals surface area contributed by atoms with Gasteiger partial charge in [0, 0.05) is 12.1 Å². The second kappa shape index (κ2) is 2.89. The summed E-state index contributed by atoms with van der Waals surface area (Å²) in [6.45, 7) is 0.636. The van der Waals surface area contributed by atoms with E-state index in [1.165, 1.54) is 0 Å². The van der Waals surface area contributed by atoms with Gasteiger partial charge in [0.2, 0.25) is 0 Å². The minimum atomic E-state index is -0.365. The quantitative estimate of drug-likeness (QED) is 0.733. The molecule has 4 nitrogen and oxygen atoms in total. The highest BCUT2D eigenvalue weighted by Gasteiger charge is 2.45. The van der Waals surface area contributed by atoms with Gasteiger partial charge in [-0.15, -0.1) is 0 Å². The molecule has 0 aliphatic carbocycles. The lowest BCUT2D eigenvalue weighted by Gasteiger charge is -2.08. The van der Waals surface area contributed by atoms with Gasteiger partial charge in [-0.3, -0.25) is 4.79 Å². The number of hydrogen-bond acceptors (Lipinski definition) is 3. The molecule has 0 saturated carbocycles. The molecule has 4 heteroatoms. The number of rotatable bonds is 1. The molecule has 0 radical (unpaired) electrons. The molecule has 1 amide bonds. The predicted molar refractivity (Wildman–Crippen MR) is 53.2 cm³/mol. The van der Waals surface area contributed by atoms with Crippen molar-refractivity contribution in [2.24, 2.45) is 0 Å². The molecule has 1 fully saturated rings. The summed E-state index contributed by atoms with van der Waals surface area (Å²) in [5.74, 6) is 1.65. The lowest BCUT2D eigenvalue weighted by molar-refractivity contribution is -0.124. The largest absolute Gasteiger partial charge is 0.496 e. The van der Waals surface area contributed by atoms with E-state index in [-0.39, 0.29) is 17.9 Å². The maximum atomic E-state index is 11.4. The lowest BCUT2D eigenvalue weighted by Crippen LogP contribution is -2.26. The zero-order chi connectivity index (χ0) is 10.4. The lowest BCUT2D eigenvalue weighted by atomic mass is 9.97. The van der Waals surface area contributed by atoms with E-state index in [2.05, 4.69) is 5.32 Å². The van der Waals surface area contributed by atoms with Crippen LogP contribution in [0.25, 0.3) is 0 Å². The van der Waals surface area contributed by atoms with Crippen LogP contribution in [0.2, 0.25) is 0 Å². The van der Waals surface area contributed by atoms with Gasteiger partial charge in [-0.05, 0) is 12.1 Å². The maximum absolute atomic E-state index is 11.4. The molecular formula is C11H11NO3. The topological polar surface area (TPSA) is 47.6 Å². The molecule has 0 spiro atoms. The monoisotopic (exact) mass is 205 g/mol. The molecule has 2 atom stereocenters. The Balaban J connectivity index is 2.11. The molecule has 1 N–H and O–H groups in total. The Hall–Kier alpha value is -1.71. The summed E-state index contributed by atoms with van der Waals surface area (Å²) in [7, 11) is 1.63. The van der Waals surface area contributed by atoms with E-state index >= 15 is 0 Å². The zero-order valence-electron chi connectivity index (χ0n) is 8.32. The van der Waals surface area contributed by atoms with Crippen LogP contribution in [0.5, 0.6) is 11.5 Å². The van der Waals surface area contributed by atoms with Gasteiger partial charge in [0.1, 0.15) is 11.5 Å². The number of carbonyl (C=O) groups is 1. The summed E-state index contributed by atoms with van der Waals surface area (Å²) in [6, 6.07) is 5.65. The molecular weight excluding hydrogens is 194 g/mol. The normalized spacial score (nSPS) is 26.6. The maximum Gasteiger partial charge on any atom is 0.261 e. The van der Waals surface area contributed by atoms with Crippen molar-refractivity contribution < 1.29 is 14.3 Å². The third-order valence-electron chi connectivity index (χ3n) is 2.99. The Bertz CT molecular complexity index is 430. The SMILES string of the molecule is COc1cccc2c1[C@@H]1CNC(=O)[C@H]1O2. The van der Waals surface area contributed by atoms with Crippen LogP contribution in [0, 0.1) is 0 Å². The third kappa shape index (κ3) is 1.04. The summed E-state index contributed by atoms with van der Waals surface area (Å²) >= 11 is 0. The number of carbonyl (C=O) groups excluding carboxylic acids is 1. The molecule has 0 unspecified atom stereocenters. The summed E-state index contributed by atoms with van der Waals surface area (Å²) < 4.78 is 10.9. The third-order valence-corrected chi connectivity index (χ3v) is 2.99. The summed E-state index contributed by atoms with van der Waals surface area (Å²) in [5.41, 5.74) is 1.02. The first-order valence-corrected chi connectivity index (χ1v) is 4.92. The number of fused-ring (bicyclic) bond motifs is 3. The first-order valence-electron chi connectivity index (χ1n) is 4.92. The van der Waals surface area contributed by atoms with E-state index < -0.39 is 0 Å². The Labute approximate surface area is 87.2 Å². The van der Waals surface area contributed by atoms with Crippen molar-refractivity contribution in [1.29, 1.82) is 0 Å². The number of hydrogen-bond donors (Lipinski definition) is 1. The molecule has 1 aromatic carbocycles. The number of amides is 1. The molecule has 15 heavy (non-hydrogen) atoms. The van der Waals surface area contributed by atoms with E-state index in [0.29, 0.717) is 6.54 Å². The highest BCUT2D eigenvalue weighted by atomic mass is 16.5. The van der Waals surface area contributed by atoms with Crippen molar-refractivity contribution in [2.45, 2.75) is 12.0 Å². The Kier molecular flexibility index (Phi) is 1.65. The molecule has 0 aromatic heterocycles. The smallest absolute Gasteiger partial charge is 0.261 e. The van der Waals surface area contributed by atoms with Gasteiger partial charge in [0.15, 0.2) is 6.10 Å². The van der Waals surface area contributed by atoms with Gasteiger partial charge in [0.25, 0.3) is 5.91 Å². The van der Waals surface area contributed by atoms with Crippen molar-refractivity contribution in [2.75, 3.05) is 13.7 Å². The van der Waals surface area contributed by atoms with Crippen LogP contribution >= 0.6 is 0 Å². The van der Waals surface area contributed by atoms with Crippen molar-refractivity contribution in [1.82, 2.24) is 5.32 Å². The van der Waals surface area contributed by atoms with Crippen LogP contribution < -0.4 is 14.8 Å². The molecule has 2 aliphatic heterocycles. The Morgan fingerprint density at radius 1 is 1.53 bits per heavy atom. The van der Waals surface area contributed by atoms with Gasteiger partial charge in [-0.2, -0.15) is 0 Å². The van der Waals surface area contributed by atoms with E-state index in [4.69, 9.17) is 9.47 Å². The van der Waals surface area contributed by atoms with Crippen LogP contribution in [-0.4, -0.2) is 25.7 Å². The van der Waals surface area contributed by atoms with Gasteiger partial charge < -0.3 is 14.8 Å². The standard InChI is InChI=1S/C11H11NO3/c1-14-7-3-2-4-8-9(7)6-5-12-11(13)10(6)15-8/h2-4,6,10H,5H2,1H3,(H,12,13)/t6-,10-/m0/s1. The minimum Gasteiger partial charge on any atom is -0.496 e. The van der Waals surface area contributed by atoms with Crippen LogP contribution in [0.1, 0.15) is 11.5 Å². The Morgan fingerprint density at radius 3 is 3.20 bits per heavy atom. The van der Waals surface area contributed by atoms with E-state index in [1.54, 1.807) is 7.11 Å². The fraction of sp³-hybridized carbons (Fsp3) is 0.364. The highest BCUT2D eigenvalue weighted by molar-refractivity contribution is 5.86. The van der Waals surface area contributed by atoms with Gasteiger partial charge in [0.05, 0.1) is 13.0 Å². The van der Waals surface area contributed by atoms with Crippen molar-refractivity contribution >= 4 is 5.91 Å². The predicted octanol–water partition coefficient (Wildman–Crippen LogP) is 0.670. The van der Waals surface area contributed by atoms with Crippen molar-refractivity contribution in [3.05, 3.63) is 23.8 Å². The fourth-order valence-corrected chi connectivity index (χ4v) is 2.30. The summed E-state index contributed by atoms with van der Waals surface area (Å²) in [4.78, 5) is 11.4. The van der Waals surface area contributed by atoms with E-state index in [1.807, 2.05) is 18.2 Å². The zero-order valence-corrected chi connectivity index (χ0v) is 8.32. The molecule has 2 heterocycles. The number of ether oxygens (including phenoxy) is 2. The second-order valence-electron chi connectivity index (χ2n) is 3.76. The number of nitrogens with one attached hydrogen (secondary N) is 1. The van der Waals surface area contributed by atoms with Crippen LogP contribution in [0.4, 0.5) is 0 Å². The van der Waals surface area contributed by atoms with Gasteiger partial charge in [-0.1, -0.05) is 6.07 Å². The highest BCUT2D eigenvalue weighted by Crippen LogP contribution is 2.45. The van der Waals surface area contributed by atoms with Crippen LogP contribution in [-0.2, 0) is 4.79 Å². The summed E-state index contributed by atoms with van der Waals surface area (Å²) in [5, 5.41) is 2.79. The van der Waals surface area contributed by atoms with E-state index in [0.717, 1.165) is 17.1 Å². The molecule has 2 aliphatic rings. The Morgan fingerprint density at radius 2 is 2.40 bits per heavy atom. The first-order chi connectivity index (χ1) is 7.31. The molecule has 1 saturated heterocycles. The summed E-state index contributed by atoms with van der Waals surface area (Å²) in [6.07, 6.45) is -0.365. The van der Waals surface area contributed by atoms with Crippen LogP contribution in [0.15, 0.2) is 18.2 Å². The van der Waals surface area contributed by atoms with Gasteiger partial charge >= 0.3 is 0 Å². The number of methoxy groups -OCH3 is 1. The average Bonchev–Trinajstić information content (AvgIpc) is 2.78. The molecule has 3 rings (SSSR count). The molecule has 0 bridgehead atoms. The van der Waals surface area contributed by atoms with Crippen molar-refractivity contribution in [3.63, 3.8) is 0 Å². The molecule has 1 aromatic rings. The van der Waals surface area contributed by atoms with Gasteiger partial charge in [-0.25, -0.2) is 0 Å². The fourth-order valence-electron chi connectivity index (χ4n) is 2.30. The first kappa shape index (κ1) is 8.59. The minimum absolute atomic E-state index is 0.0294. The second-order valence-corrected chi connectivity index (χ2v) is 3.76. The number of benzene rings is 1. The van der Waals surface area contributed by atoms with E-state index in [9.17, 15) is 4.79 Å².